The van der Waals surface area contributed by atoms with Gasteiger partial charge in [-0.3, -0.25) is 0 Å². The van der Waals surface area contributed by atoms with E-state index < -0.39 is 0 Å². The lowest BCUT2D eigenvalue weighted by molar-refractivity contribution is 0.144. The molecule has 0 fully saturated rings. The SMILES string of the molecule is CCCCOC(=O)NCCNCCSC(c1ccccc1)(c1ccccc1)c1ccccc1. The van der Waals surface area contributed by atoms with Crippen LogP contribution < -0.4 is 10.6 Å². The van der Waals surface area contributed by atoms with Crippen LogP contribution in [0.1, 0.15) is 36.5 Å². The quantitative estimate of drug-likeness (QED) is 0.248. The van der Waals surface area contributed by atoms with Crippen molar-refractivity contribution in [2.45, 2.75) is 24.5 Å². The fraction of sp³-hybridized carbons (Fsp3) is 0.321. The number of amides is 1. The van der Waals surface area contributed by atoms with Gasteiger partial charge in [-0.1, -0.05) is 104 Å². The molecule has 0 atom stereocenters. The molecule has 0 radical (unpaired) electrons. The Kier molecular flexibility index (Phi) is 10.3. The second-order valence-corrected chi connectivity index (χ2v) is 9.10. The molecule has 0 unspecified atom stereocenters. The molecule has 0 saturated carbocycles. The monoisotopic (exact) mass is 462 g/mol. The number of carbonyl (C=O) groups excluding carboxylic acids is 1. The number of thioether (sulfide) groups is 1. The molecule has 2 N–H and O–H groups in total. The Bertz CT molecular complexity index is 839. The maximum absolute atomic E-state index is 11.6. The third-order valence-electron chi connectivity index (χ3n) is 5.44. The molecule has 33 heavy (non-hydrogen) atoms. The first-order valence-electron chi connectivity index (χ1n) is 11.7. The maximum atomic E-state index is 11.6. The lowest BCUT2D eigenvalue weighted by atomic mass is 9.84. The molecule has 0 spiro atoms. The largest absolute Gasteiger partial charge is 0.450 e. The zero-order valence-corrected chi connectivity index (χ0v) is 20.2. The van der Waals surface area contributed by atoms with Gasteiger partial charge >= 0.3 is 6.09 Å². The summed E-state index contributed by atoms with van der Waals surface area (Å²) >= 11 is 1.93. The van der Waals surface area contributed by atoms with E-state index in [0.29, 0.717) is 19.7 Å². The van der Waals surface area contributed by atoms with Crippen LogP contribution in [-0.4, -0.2) is 38.1 Å². The highest BCUT2D eigenvalue weighted by Gasteiger charge is 2.36. The summed E-state index contributed by atoms with van der Waals surface area (Å²) in [4.78, 5) is 11.6. The van der Waals surface area contributed by atoms with Crippen molar-refractivity contribution in [3.05, 3.63) is 108 Å². The van der Waals surface area contributed by atoms with E-state index in [2.05, 4.69) is 109 Å². The number of carbonyl (C=O) groups is 1. The highest BCUT2D eigenvalue weighted by Crippen LogP contribution is 2.48. The topological polar surface area (TPSA) is 50.4 Å². The van der Waals surface area contributed by atoms with Crippen LogP contribution in [0, 0.1) is 0 Å². The minimum Gasteiger partial charge on any atom is -0.450 e. The van der Waals surface area contributed by atoms with Gasteiger partial charge in [0.05, 0.1) is 11.4 Å². The molecule has 1 amide bonds. The molecule has 4 nitrogen and oxygen atoms in total. The third kappa shape index (κ3) is 7.11. The van der Waals surface area contributed by atoms with Crippen LogP contribution in [0.3, 0.4) is 0 Å². The Balaban J connectivity index is 1.65. The molecule has 0 bridgehead atoms. The van der Waals surface area contributed by atoms with Gasteiger partial charge in [0.1, 0.15) is 0 Å². The van der Waals surface area contributed by atoms with Gasteiger partial charge in [0.25, 0.3) is 0 Å². The van der Waals surface area contributed by atoms with Crippen molar-refractivity contribution in [3.8, 4) is 0 Å². The fourth-order valence-corrected chi connectivity index (χ4v) is 5.24. The molecule has 0 heterocycles. The van der Waals surface area contributed by atoms with Crippen molar-refractivity contribution in [3.63, 3.8) is 0 Å². The van der Waals surface area contributed by atoms with E-state index in [1.165, 1.54) is 16.7 Å². The van der Waals surface area contributed by atoms with Crippen LogP contribution >= 0.6 is 11.8 Å². The summed E-state index contributed by atoms with van der Waals surface area (Å²) in [6.07, 6.45) is 1.58. The summed E-state index contributed by atoms with van der Waals surface area (Å²) < 4.78 is 4.82. The molecule has 3 aromatic carbocycles. The van der Waals surface area contributed by atoms with E-state index >= 15 is 0 Å². The standard InChI is InChI=1S/C28H34N2O2S/c1-2-3-22-32-27(31)30-20-19-29-21-23-33-28(24-13-7-4-8-14-24,25-15-9-5-10-16-25)26-17-11-6-12-18-26/h4-18,29H,2-3,19-23H2,1H3,(H,30,31). The first-order valence-corrected chi connectivity index (χ1v) is 12.7. The van der Waals surface area contributed by atoms with Gasteiger partial charge in [-0.15, -0.1) is 11.8 Å². The lowest BCUT2D eigenvalue weighted by Gasteiger charge is -2.35. The first-order chi connectivity index (χ1) is 16.3. The fourth-order valence-electron chi connectivity index (χ4n) is 3.78. The molecular weight excluding hydrogens is 428 g/mol. The van der Waals surface area contributed by atoms with Crippen molar-refractivity contribution in [1.82, 2.24) is 10.6 Å². The van der Waals surface area contributed by atoms with Crippen molar-refractivity contribution >= 4 is 17.9 Å². The van der Waals surface area contributed by atoms with E-state index in [0.717, 1.165) is 25.1 Å². The molecule has 0 saturated heterocycles. The average molecular weight is 463 g/mol. The normalized spacial score (nSPS) is 11.2. The van der Waals surface area contributed by atoms with E-state index in [4.69, 9.17) is 4.74 Å². The minimum absolute atomic E-state index is 0.299. The molecule has 5 heteroatoms. The van der Waals surface area contributed by atoms with Crippen LogP contribution in [0.25, 0.3) is 0 Å². The molecule has 174 valence electrons. The van der Waals surface area contributed by atoms with Crippen molar-refractivity contribution in [2.24, 2.45) is 0 Å². The Hall–Kier alpha value is -2.76. The molecular formula is C28H34N2O2S. The number of ether oxygens (including phenoxy) is 1. The third-order valence-corrected chi connectivity index (χ3v) is 6.99. The van der Waals surface area contributed by atoms with Gasteiger partial charge in [0.15, 0.2) is 0 Å². The predicted octanol–water partition coefficient (Wildman–Crippen LogP) is 5.83. The molecule has 3 aromatic rings. The Morgan fingerprint density at radius 3 is 1.79 bits per heavy atom. The van der Waals surface area contributed by atoms with Crippen molar-refractivity contribution in [2.75, 3.05) is 32.0 Å². The van der Waals surface area contributed by atoms with Gasteiger partial charge < -0.3 is 15.4 Å². The highest BCUT2D eigenvalue weighted by atomic mass is 32.2. The van der Waals surface area contributed by atoms with Crippen LogP contribution in [0.5, 0.6) is 0 Å². The number of rotatable bonds is 13. The van der Waals surface area contributed by atoms with Crippen molar-refractivity contribution < 1.29 is 9.53 Å². The van der Waals surface area contributed by atoms with Gasteiger partial charge in [-0.05, 0) is 23.1 Å². The van der Waals surface area contributed by atoms with Crippen LogP contribution in [0.4, 0.5) is 4.79 Å². The van der Waals surface area contributed by atoms with Gasteiger partial charge in [-0.25, -0.2) is 4.79 Å². The highest BCUT2D eigenvalue weighted by molar-refractivity contribution is 8.00. The predicted molar refractivity (Wildman–Crippen MR) is 139 cm³/mol. The number of unbranched alkanes of at least 4 members (excludes halogenated alkanes) is 1. The molecule has 0 aliphatic carbocycles. The van der Waals surface area contributed by atoms with E-state index in [1.807, 2.05) is 11.8 Å². The van der Waals surface area contributed by atoms with Crippen molar-refractivity contribution in [1.29, 1.82) is 0 Å². The Morgan fingerprint density at radius 1 is 0.788 bits per heavy atom. The minimum atomic E-state index is -0.337. The number of nitrogens with one attached hydrogen (secondary N) is 2. The van der Waals surface area contributed by atoms with Gasteiger partial charge in [-0.2, -0.15) is 0 Å². The second-order valence-electron chi connectivity index (χ2n) is 7.79. The summed E-state index contributed by atoms with van der Waals surface area (Å²) in [5, 5.41) is 6.24. The number of hydrogen-bond donors (Lipinski definition) is 2. The maximum Gasteiger partial charge on any atom is 0.407 e. The number of benzene rings is 3. The lowest BCUT2D eigenvalue weighted by Crippen LogP contribution is -2.34. The molecule has 0 aliphatic heterocycles. The van der Waals surface area contributed by atoms with Gasteiger partial charge in [0.2, 0.25) is 0 Å². The Morgan fingerprint density at radius 2 is 1.30 bits per heavy atom. The molecule has 0 aromatic heterocycles. The summed E-state index contributed by atoms with van der Waals surface area (Å²) in [5.74, 6) is 0.916. The summed E-state index contributed by atoms with van der Waals surface area (Å²) in [7, 11) is 0. The summed E-state index contributed by atoms with van der Waals surface area (Å²) in [5.41, 5.74) is 3.80. The van der Waals surface area contributed by atoms with Crippen LogP contribution in [0.15, 0.2) is 91.0 Å². The molecule has 0 aliphatic rings. The number of alkyl carbamates (subject to hydrolysis) is 1. The smallest absolute Gasteiger partial charge is 0.407 e. The first kappa shape index (κ1) is 24.9. The van der Waals surface area contributed by atoms with E-state index in [1.54, 1.807) is 0 Å². The Labute approximate surface area is 202 Å². The van der Waals surface area contributed by atoms with E-state index in [9.17, 15) is 4.79 Å². The number of hydrogen-bond acceptors (Lipinski definition) is 4. The zero-order chi connectivity index (χ0) is 23.2. The van der Waals surface area contributed by atoms with Crippen LogP contribution in [0.2, 0.25) is 0 Å². The van der Waals surface area contributed by atoms with E-state index in [-0.39, 0.29) is 10.8 Å². The zero-order valence-electron chi connectivity index (χ0n) is 19.3. The average Bonchev–Trinajstić information content (AvgIpc) is 2.88. The summed E-state index contributed by atoms with van der Waals surface area (Å²) in [6, 6.07) is 32.2. The van der Waals surface area contributed by atoms with Crippen LogP contribution in [-0.2, 0) is 9.48 Å². The summed E-state index contributed by atoms with van der Waals surface area (Å²) in [6.45, 7) is 4.65. The second kappa shape index (κ2) is 13.7. The van der Waals surface area contributed by atoms with Gasteiger partial charge in [0, 0.05) is 25.4 Å². The molecule has 3 rings (SSSR count).